The molecule has 33 heavy (non-hydrogen) atoms. The Balaban J connectivity index is 1.43. The first kappa shape index (κ1) is 23.5. The van der Waals surface area contributed by atoms with Crippen molar-refractivity contribution in [2.75, 3.05) is 24.1 Å². The Labute approximate surface area is 201 Å². The van der Waals surface area contributed by atoms with Gasteiger partial charge in [-0.2, -0.15) is 4.31 Å². The lowest BCUT2D eigenvalue weighted by atomic mass is 10.0. The van der Waals surface area contributed by atoms with E-state index >= 15 is 0 Å². The molecule has 1 aromatic carbocycles. The molecule has 1 fully saturated rings. The molecule has 1 saturated heterocycles. The number of sulfonamides is 1. The average Bonchev–Trinajstić information content (AvgIpc) is 3.25. The summed E-state index contributed by atoms with van der Waals surface area (Å²) in [6.45, 7) is 0.806. The van der Waals surface area contributed by atoms with Gasteiger partial charge in [-0.05, 0) is 60.9 Å². The minimum Gasteiger partial charge on any atom is -0.396 e. The number of halogens is 1. The number of amides is 1. The Hall–Kier alpha value is -2.66. The van der Waals surface area contributed by atoms with Gasteiger partial charge in [0.25, 0.3) is 10.0 Å². The molecule has 3 aromatic rings. The van der Waals surface area contributed by atoms with Gasteiger partial charge < -0.3 is 16.8 Å². The summed E-state index contributed by atoms with van der Waals surface area (Å²) in [7, 11) is -3.61. The Morgan fingerprint density at radius 1 is 1.21 bits per heavy atom. The topological polar surface area (TPSA) is 131 Å². The van der Waals surface area contributed by atoms with Gasteiger partial charge in [0.15, 0.2) is 0 Å². The van der Waals surface area contributed by atoms with Crippen molar-refractivity contribution in [3.8, 4) is 0 Å². The SMILES string of the molecule is NC(=O)c1ccc(Cl)cc1Cc1ccc(S(=O)(=O)N2CCC(Nc3ncccc3N)CC2)s1. The second kappa shape index (κ2) is 9.68. The van der Waals surface area contributed by atoms with Crippen LogP contribution in [0.4, 0.5) is 11.5 Å². The molecule has 4 rings (SSSR count). The molecule has 0 aliphatic carbocycles. The third kappa shape index (κ3) is 5.30. The Morgan fingerprint density at radius 3 is 2.67 bits per heavy atom. The average molecular weight is 506 g/mol. The number of benzene rings is 1. The summed E-state index contributed by atoms with van der Waals surface area (Å²) in [4.78, 5) is 16.8. The molecule has 0 atom stereocenters. The van der Waals surface area contributed by atoms with Crippen molar-refractivity contribution in [1.29, 1.82) is 0 Å². The van der Waals surface area contributed by atoms with E-state index in [0.29, 0.717) is 60.0 Å². The van der Waals surface area contributed by atoms with E-state index in [1.165, 1.54) is 15.6 Å². The number of carbonyl (C=O) groups excluding carboxylic acids is 1. The number of primary amides is 1. The summed E-state index contributed by atoms with van der Waals surface area (Å²) >= 11 is 7.26. The highest BCUT2D eigenvalue weighted by molar-refractivity contribution is 7.91. The molecule has 0 bridgehead atoms. The molecule has 1 amide bonds. The molecule has 1 aliphatic rings. The van der Waals surface area contributed by atoms with Gasteiger partial charge in [0.1, 0.15) is 10.0 Å². The van der Waals surface area contributed by atoms with E-state index in [9.17, 15) is 13.2 Å². The van der Waals surface area contributed by atoms with Crippen LogP contribution in [0.1, 0.15) is 33.6 Å². The minimum atomic E-state index is -3.61. The molecular formula is C22H24ClN5O3S2. The number of thiophene rings is 1. The van der Waals surface area contributed by atoms with Crippen LogP contribution < -0.4 is 16.8 Å². The second-order valence-corrected chi connectivity index (χ2v) is 11.6. The summed E-state index contributed by atoms with van der Waals surface area (Å²) in [5.74, 6) is 0.0769. The highest BCUT2D eigenvalue weighted by Gasteiger charge is 2.31. The van der Waals surface area contributed by atoms with E-state index in [1.807, 2.05) is 0 Å². The first-order valence-corrected chi connectivity index (χ1v) is 13.0. The molecule has 2 aromatic heterocycles. The monoisotopic (exact) mass is 505 g/mol. The number of hydrogen-bond donors (Lipinski definition) is 3. The standard InChI is InChI=1S/C22H24ClN5O3S2/c23-15-3-5-18(21(25)29)14(12-15)13-17-4-6-20(32-17)33(30,31)28-10-7-16(8-11-28)27-22-19(24)2-1-9-26-22/h1-6,9,12,16H,7-8,10-11,13,24H2,(H2,25,29)(H,26,27). The molecule has 0 unspecified atom stereocenters. The van der Waals surface area contributed by atoms with Gasteiger partial charge in [0.05, 0.1) is 5.69 Å². The summed E-state index contributed by atoms with van der Waals surface area (Å²) in [6, 6.07) is 11.9. The van der Waals surface area contributed by atoms with Crippen molar-refractivity contribution in [3.63, 3.8) is 0 Å². The van der Waals surface area contributed by atoms with Crippen molar-refractivity contribution in [1.82, 2.24) is 9.29 Å². The van der Waals surface area contributed by atoms with Crippen molar-refractivity contribution in [2.24, 2.45) is 5.73 Å². The Kier molecular flexibility index (Phi) is 6.89. The van der Waals surface area contributed by atoms with Crippen LogP contribution in [-0.2, 0) is 16.4 Å². The number of carbonyl (C=O) groups is 1. The number of nitrogen functional groups attached to an aromatic ring is 1. The fourth-order valence-electron chi connectivity index (χ4n) is 3.83. The van der Waals surface area contributed by atoms with Crippen LogP contribution in [0.3, 0.4) is 0 Å². The van der Waals surface area contributed by atoms with Gasteiger partial charge in [-0.15, -0.1) is 11.3 Å². The number of piperidine rings is 1. The predicted octanol–water partition coefficient (Wildman–Crippen LogP) is 3.33. The minimum absolute atomic E-state index is 0.0996. The number of rotatable bonds is 7. The van der Waals surface area contributed by atoms with Crippen LogP contribution in [-0.4, -0.2) is 42.7 Å². The third-order valence-electron chi connectivity index (χ3n) is 5.56. The first-order valence-electron chi connectivity index (χ1n) is 10.4. The van der Waals surface area contributed by atoms with E-state index in [1.54, 1.807) is 48.7 Å². The molecule has 0 saturated carbocycles. The highest BCUT2D eigenvalue weighted by Crippen LogP contribution is 2.30. The molecule has 0 radical (unpaired) electrons. The maximum atomic E-state index is 13.2. The van der Waals surface area contributed by atoms with Crippen LogP contribution in [0.15, 0.2) is 52.9 Å². The largest absolute Gasteiger partial charge is 0.396 e. The van der Waals surface area contributed by atoms with Gasteiger partial charge in [-0.1, -0.05) is 11.6 Å². The quantitative estimate of drug-likeness (QED) is 0.451. The van der Waals surface area contributed by atoms with Crippen molar-refractivity contribution in [3.05, 3.63) is 69.7 Å². The van der Waals surface area contributed by atoms with E-state index in [0.717, 1.165) is 4.88 Å². The second-order valence-electron chi connectivity index (χ2n) is 7.83. The number of nitrogens with zero attached hydrogens (tertiary/aromatic N) is 2. The fourth-order valence-corrected chi connectivity index (χ4v) is 7.03. The number of hydrogen-bond acceptors (Lipinski definition) is 7. The van der Waals surface area contributed by atoms with Gasteiger partial charge in [0, 0.05) is 47.2 Å². The molecule has 1 aliphatic heterocycles. The lowest BCUT2D eigenvalue weighted by molar-refractivity contribution is 0.0999. The number of nitrogens with one attached hydrogen (secondary N) is 1. The zero-order valence-corrected chi connectivity index (χ0v) is 20.1. The summed E-state index contributed by atoms with van der Waals surface area (Å²) in [6.07, 6.45) is 3.34. The number of pyridine rings is 1. The maximum Gasteiger partial charge on any atom is 0.252 e. The molecule has 3 heterocycles. The molecule has 11 heteroatoms. The van der Waals surface area contributed by atoms with Crippen molar-refractivity contribution in [2.45, 2.75) is 29.5 Å². The fraction of sp³-hybridized carbons (Fsp3) is 0.273. The first-order chi connectivity index (χ1) is 15.7. The van der Waals surface area contributed by atoms with E-state index in [4.69, 9.17) is 23.1 Å². The van der Waals surface area contributed by atoms with Gasteiger partial charge in [0.2, 0.25) is 5.91 Å². The third-order valence-corrected chi connectivity index (χ3v) is 9.25. The van der Waals surface area contributed by atoms with Gasteiger partial charge in [-0.3, -0.25) is 4.79 Å². The summed E-state index contributed by atoms with van der Waals surface area (Å²) in [5, 5.41) is 3.80. The molecule has 0 spiro atoms. The Morgan fingerprint density at radius 2 is 1.97 bits per heavy atom. The summed E-state index contributed by atoms with van der Waals surface area (Å²) < 4.78 is 28.2. The zero-order valence-electron chi connectivity index (χ0n) is 17.7. The molecular weight excluding hydrogens is 482 g/mol. The molecule has 174 valence electrons. The lowest BCUT2D eigenvalue weighted by Gasteiger charge is -2.31. The maximum absolute atomic E-state index is 13.2. The van der Waals surface area contributed by atoms with Crippen LogP contribution in [0.25, 0.3) is 0 Å². The van der Waals surface area contributed by atoms with E-state index in [2.05, 4.69) is 10.3 Å². The van der Waals surface area contributed by atoms with Crippen molar-refractivity contribution < 1.29 is 13.2 Å². The molecule has 5 N–H and O–H groups in total. The zero-order chi connectivity index (χ0) is 23.6. The predicted molar refractivity (Wildman–Crippen MR) is 131 cm³/mol. The van der Waals surface area contributed by atoms with Crippen LogP contribution in [0.2, 0.25) is 5.02 Å². The number of nitrogens with two attached hydrogens (primary N) is 2. The normalized spacial score (nSPS) is 15.4. The van der Waals surface area contributed by atoms with Crippen LogP contribution >= 0.6 is 22.9 Å². The van der Waals surface area contributed by atoms with Crippen molar-refractivity contribution >= 4 is 50.4 Å². The Bertz CT molecular complexity index is 1270. The van der Waals surface area contributed by atoms with Gasteiger partial charge in [-0.25, -0.2) is 13.4 Å². The van der Waals surface area contributed by atoms with E-state index in [-0.39, 0.29) is 10.3 Å². The van der Waals surface area contributed by atoms with Crippen LogP contribution in [0.5, 0.6) is 0 Å². The summed E-state index contributed by atoms with van der Waals surface area (Å²) in [5.41, 5.74) is 13.0. The lowest BCUT2D eigenvalue weighted by Crippen LogP contribution is -2.42. The van der Waals surface area contributed by atoms with E-state index < -0.39 is 15.9 Å². The highest BCUT2D eigenvalue weighted by atomic mass is 35.5. The van der Waals surface area contributed by atoms with Gasteiger partial charge >= 0.3 is 0 Å². The van der Waals surface area contributed by atoms with Crippen LogP contribution in [0, 0.1) is 0 Å². The number of aromatic nitrogens is 1. The molecule has 8 nitrogen and oxygen atoms in total. The number of anilines is 2. The smallest absolute Gasteiger partial charge is 0.252 e.